The van der Waals surface area contributed by atoms with Crippen LogP contribution >= 0.6 is 0 Å². The molecule has 2 N–H and O–H groups in total. The Kier molecular flexibility index (Phi) is 7.95. The van der Waals surface area contributed by atoms with E-state index in [0.717, 1.165) is 12.8 Å². The zero-order valence-corrected chi connectivity index (χ0v) is 14.8. The van der Waals surface area contributed by atoms with Gasteiger partial charge in [0.25, 0.3) is 0 Å². The summed E-state index contributed by atoms with van der Waals surface area (Å²) in [6, 6.07) is -0.154. The Balaban J connectivity index is 1.47. The maximum Gasteiger partial charge on any atom is 0.411 e. The molecule has 26 heavy (non-hydrogen) atoms. The maximum atomic E-state index is 12.0. The first kappa shape index (κ1) is 20.8. The highest BCUT2D eigenvalue weighted by atomic mass is 19.4. The molecule has 0 unspecified atom stereocenters. The van der Waals surface area contributed by atoms with Gasteiger partial charge in [-0.3, -0.25) is 9.69 Å². The first-order valence-electron chi connectivity index (χ1n) is 9.02. The molecule has 0 aromatic heterocycles. The van der Waals surface area contributed by atoms with Crippen LogP contribution in [-0.2, 0) is 9.53 Å². The smallest absolute Gasteiger partial charge is 0.372 e. The molecule has 0 spiro atoms. The van der Waals surface area contributed by atoms with Crippen molar-refractivity contribution < 1.29 is 27.5 Å². The van der Waals surface area contributed by atoms with E-state index >= 15 is 0 Å². The lowest BCUT2D eigenvalue weighted by atomic mass is 10.3. The average molecular weight is 380 g/mol. The highest BCUT2D eigenvalue weighted by Gasteiger charge is 2.29. The maximum absolute atomic E-state index is 12.0. The molecule has 1 aliphatic heterocycles. The number of amides is 3. The summed E-state index contributed by atoms with van der Waals surface area (Å²) < 4.78 is 40.4. The van der Waals surface area contributed by atoms with Crippen molar-refractivity contribution in [1.82, 2.24) is 20.4 Å². The third-order valence-electron chi connectivity index (χ3n) is 4.34. The van der Waals surface area contributed by atoms with Crippen LogP contribution in [0, 0.1) is 5.92 Å². The van der Waals surface area contributed by atoms with Crippen LogP contribution < -0.4 is 10.6 Å². The van der Waals surface area contributed by atoms with Gasteiger partial charge in [0.2, 0.25) is 5.91 Å². The molecule has 0 atom stereocenters. The molecule has 1 heterocycles. The second-order valence-corrected chi connectivity index (χ2v) is 6.65. The Morgan fingerprint density at radius 2 is 1.69 bits per heavy atom. The number of alkyl halides is 3. The number of urea groups is 1. The number of piperazine rings is 1. The number of nitrogens with one attached hydrogen (secondary N) is 2. The zero-order chi connectivity index (χ0) is 19.0. The average Bonchev–Trinajstić information content (AvgIpc) is 3.42. The van der Waals surface area contributed by atoms with Crippen LogP contribution in [0.5, 0.6) is 0 Å². The van der Waals surface area contributed by atoms with E-state index in [1.54, 1.807) is 4.90 Å². The summed E-state index contributed by atoms with van der Waals surface area (Å²) in [5, 5.41) is 5.57. The summed E-state index contributed by atoms with van der Waals surface area (Å²) in [5.74, 6) is 0.227. The lowest BCUT2D eigenvalue weighted by Crippen LogP contribution is -2.52. The van der Waals surface area contributed by atoms with Gasteiger partial charge in [0.1, 0.15) is 6.61 Å². The van der Waals surface area contributed by atoms with Crippen molar-refractivity contribution in [2.24, 2.45) is 5.92 Å². The SMILES string of the molecule is O=C(NCCNC(=O)N1CCN(CCCOCC(F)(F)F)CC1)C1CC1. The summed E-state index contributed by atoms with van der Waals surface area (Å²) in [5.41, 5.74) is 0. The number of ether oxygens (including phenoxy) is 1. The van der Waals surface area contributed by atoms with Gasteiger partial charge < -0.3 is 20.3 Å². The van der Waals surface area contributed by atoms with Crippen LogP contribution in [0.2, 0.25) is 0 Å². The van der Waals surface area contributed by atoms with Crippen molar-refractivity contribution in [2.75, 3.05) is 59.0 Å². The van der Waals surface area contributed by atoms with Crippen molar-refractivity contribution in [3.63, 3.8) is 0 Å². The number of carbonyl (C=O) groups is 2. The number of hydrogen-bond donors (Lipinski definition) is 2. The molecule has 2 rings (SSSR count). The van der Waals surface area contributed by atoms with Crippen molar-refractivity contribution >= 4 is 11.9 Å². The summed E-state index contributed by atoms with van der Waals surface area (Å²) in [4.78, 5) is 27.3. The zero-order valence-electron chi connectivity index (χ0n) is 14.8. The van der Waals surface area contributed by atoms with Crippen LogP contribution in [0.4, 0.5) is 18.0 Å². The highest BCUT2D eigenvalue weighted by molar-refractivity contribution is 5.80. The molecule has 2 aliphatic rings. The first-order chi connectivity index (χ1) is 12.3. The topological polar surface area (TPSA) is 73.9 Å². The van der Waals surface area contributed by atoms with Crippen LogP contribution in [0.25, 0.3) is 0 Å². The van der Waals surface area contributed by atoms with E-state index < -0.39 is 12.8 Å². The van der Waals surface area contributed by atoms with E-state index in [4.69, 9.17) is 0 Å². The molecule has 2 fully saturated rings. The van der Waals surface area contributed by atoms with Crippen LogP contribution in [0.15, 0.2) is 0 Å². The molecule has 0 aromatic rings. The van der Waals surface area contributed by atoms with Crippen molar-refractivity contribution in [3.05, 3.63) is 0 Å². The number of rotatable bonds is 9. The van der Waals surface area contributed by atoms with Crippen molar-refractivity contribution in [1.29, 1.82) is 0 Å². The molecule has 0 bridgehead atoms. The summed E-state index contributed by atoms with van der Waals surface area (Å²) in [6.07, 6.45) is -1.84. The van der Waals surface area contributed by atoms with E-state index in [9.17, 15) is 22.8 Å². The molecular weight excluding hydrogens is 353 g/mol. The number of halogens is 3. The quantitative estimate of drug-likeness (QED) is 0.581. The van der Waals surface area contributed by atoms with Gasteiger partial charge in [-0.05, 0) is 19.3 Å². The third kappa shape index (κ3) is 8.22. The van der Waals surface area contributed by atoms with E-state index in [-0.39, 0.29) is 24.5 Å². The van der Waals surface area contributed by atoms with Crippen molar-refractivity contribution in [2.45, 2.75) is 25.4 Å². The van der Waals surface area contributed by atoms with Gasteiger partial charge in [-0.2, -0.15) is 13.2 Å². The number of hydrogen-bond acceptors (Lipinski definition) is 4. The van der Waals surface area contributed by atoms with Crippen molar-refractivity contribution in [3.8, 4) is 0 Å². The van der Waals surface area contributed by atoms with E-state index in [1.807, 2.05) is 0 Å². The summed E-state index contributed by atoms with van der Waals surface area (Å²) >= 11 is 0. The Hall–Kier alpha value is -1.55. The second-order valence-electron chi connectivity index (χ2n) is 6.65. The standard InChI is InChI=1S/C16H27F3N4O3/c17-16(18,19)12-26-11-1-6-22-7-9-23(10-8-22)15(25)21-5-4-20-14(24)13-2-3-13/h13H,1-12H2,(H,20,24)(H,21,25). The van der Waals surface area contributed by atoms with Crippen LogP contribution in [0.3, 0.4) is 0 Å². The molecule has 0 aromatic carbocycles. The largest absolute Gasteiger partial charge is 0.411 e. The molecule has 1 aliphatic carbocycles. The Morgan fingerprint density at radius 3 is 2.31 bits per heavy atom. The molecule has 150 valence electrons. The highest BCUT2D eigenvalue weighted by Crippen LogP contribution is 2.28. The molecule has 10 heteroatoms. The Labute approximate surface area is 151 Å². The predicted molar refractivity (Wildman–Crippen MR) is 88.6 cm³/mol. The molecule has 3 amide bonds. The fourth-order valence-corrected chi connectivity index (χ4v) is 2.71. The predicted octanol–water partition coefficient (Wildman–Crippen LogP) is 0.809. The second kappa shape index (κ2) is 9.96. The molecule has 1 saturated carbocycles. The van der Waals surface area contributed by atoms with Gasteiger partial charge in [-0.25, -0.2) is 4.79 Å². The lowest BCUT2D eigenvalue weighted by molar-refractivity contribution is -0.174. The van der Waals surface area contributed by atoms with E-state index in [2.05, 4.69) is 20.3 Å². The molecule has 0 radical (unpaired) electrons. The van der Waals surface area contributed by atoms with Gasteiger partial charge in [-0.1, -0.05) is 0 Å². The van der Waals surface area contributed by atoms with Gasteiger partial charge in [0.15, 0.2) is 0 Å². The van der Waals surface area contributed by atoms with Gasteiger partial charge in [0.05, 0.1) is 0 Å². The molecule has 1 saturated heterocycles. The minimum atomic E-state index is -4.28. The van der Waals surface area contributed by atoms with Gasteiger partial charge in [-0.15, -0.1) is 0 Å². The lowest BCUT2D eigenvalue weighted by Gasteiger charge is -2.34. The minimum absolute atomic E-state index is 0.0621. The monoisotopic (exact) mass is 380 g/mol. The Morgan fingerprint density at radius 1 is 1.04 bits per heavy atom. The van der Waals surface area contributed by atoms with Gasteiger partial charge >= 0.3 is 12.2 Å². The fraction of sp³-hybridized carbons (Fsp3) is 0.875. The minimum Gasteiger partial charge on any atom is -0.372 e. The number of carbonyl (C=O) groups excluding carboxylic acids is 2. The van der Waals surface area contributed by atoms with Crippen LogP contribution in [0.1, 0.15) is 19.3 Å². The molecular formula is C16H27F3N4O3. The first-order valence-corrected chi connectivity index (χ1v) is 9.02. The molecule has 7 nitrogen and oxygen atoms in total. The van der Waals surface area contributed by atoms with Gasteiger partial charge in [0, 0.05) is 58.3 Å². The third-order valence-corrected chi connectivity index (χ3v) is 4.34. The normalized spacial score (nSPS) is 18.7. The number of nitrogens with zero attached hydrogens (tertiary/aromatic N) is 2. The van der Waals surface area contributed by atoms with E-state index in [0.29, 0.717) is 52.2 Å². The Bertz CT molecular complexity index is 464. The van der Waals surface area contributed by atoms with Crippen LogP contribution in [-0.4, -0.2) is 86.9 Å². The summed E-state index contributed by atoms with van der Waals surface area (Å²) in [7, 11) is 0. The fourth-order valence-electron chi connectivity index (χ4n) is 2.71. The van der Waals surface area contributed by atoms with E-state index in [1.165, 1.54) is 0 Å². The summed E-state index contributed by atoms with van der Waals surface area (Å²) in [6.45, 7) is 2.87.